The van der Waals surface area contributed by atoms with Gasteiger partial charge < -0.3 is 14.8 Å². The molecule has 1 fully saturated rings. The molecule has 2 unspecified atom stereocenters. The van der Waals surface area contributed by atoms with Gasteiger partial charge in [-0.1, -0.05) is 47.5 Å². The number of rotatable bonds is 5. The lowest BCUT2D eigenvalue weighted by atomic mass is 9.68. The van der Waals surface area contributed by atoms with E-state index in [9.17, 15) is 9.59 Å². The number of amides is 3. The van der Waals surface area contributed by atoms with Crippen molar-refractivity contribution in [2.45, 2.75) is 64.3 Å². The fraction of sp³-hybridized carbons (Fsp3) is 0.406. The van der Waals surface area contributed by atoms with Crippen LogP contribution >= 0.6 is 23.2 Å². The second-order valence-corrected chi connectivity index (χ2v) is 13.1. The zero-order valence-corrected chi connectivity index (χ0v) is 26.2. The topological polar surface area (TPSA) is 83.5 Å². The van der Waals surface area contributed by atoms with E-state index in [4.69, 9.17) is 37.7 Å². The molecule has 2 aromatic rings. The lowest BCUT2D eigenvalue weighted by Gasteiger charge is -2.56. The number of halogens is 2. The van der Waals surface area contributed by atoms with Crippen LogP contribution in [-0.2, 0) is 25.3 Å². The van der Waals surface area contributed by atoms with Crippen LogP contribution in [-0.4, -0.2) is 52.9 Å². The number of carbonyl (C=O) groups is 2. The van der Waals surface area contributed by atoms with Gasteiger partial charge in [0.05, 0.1) is 17.5 Å². The summed E-state index contributed by atoms with van der Waals surface area (Å²) in [6.07, 6.45) is 1.71. The number of nitrogens with zero attached hydrogens (tertiary/aromatic N) is 3. The van der Waals surface area contributed by atoms with E-state index in [1.54, 1.807) is 16.9 Å². The van der Waals surface area contributed by atoms with E-state index < -0.39 is 22.1 Å². The highest BCUT2D eigenvalue weighted by molar-refractivity contribution is 6.30. The normalized spacial score (nSPS) is 32.0. The van der Waals surface area contributed by atoms with Crippen molar-refractivity contribution in [2.75, 3.05) is 13.7 Å². The van der Waals surface area contributed by atoms with Gasteiger partial charge in [0.25, 0.3) is 0 Å². The molecule has 0 saturated carbocycles. The predicted molar refractivity (Wildman–Crippen MR) is 162 cm³/mol. The molecule has 0 radical (unpaired) electrons. The van der Waals surface area contributed by atoms with Crippen LogP contribution in [0.3, 0.4) is 0 Å². The van der Waals surface area contributed by atoms with Crippen molar-refractivity contribution in [3.8, 4) is 0 Å². The number of hydrogen-bond donors (Lipinski definition) is 1. The number of benzene rings is 2. The number of amidine groups is 1. The average molecular weight is 610 g/mol. The van der Waals surface area contributed by atoms with Crippen molar-refractivity contribution in [3.63, 3.8) is 0 Å². The third-order valence-electron chi connectivity index (χ3n) is 9.35. The Bertz CT molecular complexity index is 1600. The number of fused-ring (bicyclic) bond motifs is 2. The molecule has 10 heteroatoms. The predicted octanol–water partition coefficient (Wildman–Crippen LogP) is 6.35. The maximum Gasteiger partial charge on any atom is 0.331 e. The first kappa shape index (κ1) is 28.8. The Morgan fingerprint density at radius 3 is 2.05 bits per heavy atom. The van der Waals surface area contributed by atoms with Crippen LogP contribution in [0.25, 0.3) is 0 Å². The second kappa shape index (κ2) is 9.33. The van der Waals surface area contributed by atoms with E-state index in [2.05, 4.69) is 5.32 Å². The summed E-state index contributed by atoms with van der Waals surface area (Å²) in [5.74, 6) is 0.812. The highest BCUT2D eigenvalue weighted by atomic mass is 35.5. The van der Waals surface area contributed by atoms with E-state index >= 15 is 0 Å². The third-order valence-corrected chi connectivity index (χ3v) is 9.85. The lowest BCUT2D eigenvalue weighted by molar-refractivity contribution is -0.123. The minimum Gasteiger partial charge on any atom is -0.494 e. The van der Waals surface area contributed by atoms with Gasteiger partial charge in [0.15, 0.2) is 0 Å². The number of aliphatic imine (C=N–C) groups is 1. The van der Waals surface area contributed by atoms with Gasteiger partial charge in [0.1, 0.15) is 40.2 Å². The van der Waals surface area contributed by atoms with Gasteiger partial charge in [-0.25, -0.2) is 4.79 Å². The second-order valence-electron chi connectivity index (χ2n) is 12.2. The van der Waals surface area contributed by atoms with Gasteiger partial charge in [0.2, 0.25) is 5.91 Å². The summed E-state index contributed by atoms with van der Waals surface area (Å²) in [7, 11) is 1.57. The first-order valence-electron chi connectivity index (χ1n) is 13.9. The zero-order valence-electron chi connectivity index (χ0n) is 24.7. The van der Waals surface area contributed by atoms with Crippen molar-refractivity contribution in [2.24, 2.45) is 10.4 Å². The smallest absolute Gasteiger partial charge is 0.331 e. The monoisotopic (exact) mass is 608 g/mol. The SMILES string of the molecule is COC1(C)C=C(OC(C)C)C2(C)C3=N[C@](C)(c4ccc(Cl)cc4)[C@](C)(c4ccc(Cl)cc4)N3C(=O)N3CC(=O)NC1=C32. The molecule has 1 aliphatic carbocycles. The van der Waals surface area contributed by atoms with Gasteiger partial charge in [-0.2, -0.15) is 0 Å². The summed E-state index contributed by atoms with van der Waals surface area (Å²) in [5, 5.41) is 4.20. The van der Waals surface area contributed by atoms with Gasteiger partial charge in [-0.3, -0.25) is 19.6 Å². The number of ether oxygens (including phenoxy) is 2. The molecule has 2 aromatic carbocycles. The molecule has 6 rings (SSSR count). The number of urea groups is 1. The minimum absolute atomic E-state index is 0.153. The van der Waals surface area contributed by atoms with E-state index in [-0.39, 0.29) is 24.6 Å². The summed E-state index contributed by atoms with van der Waals surface area (Å²) in [6, 6.07) is 14.7. The molecule has 42 heavy (non-hydrogen) atoms. The Morgan fingerprint density at radius 2 is 1.50 bits per heavy atom. The quantitative estimate of drug-likeness (QED) is 0.429. The van der Waals surface area contributed by atoms with E-state index in [1.165, 1.54) is 0 Å². The van der Waals surface area contributed by atoms with Crippen molar-refractivity contribution < 1.29 is 19.1 Å². The molecule has 1 saturated heterocycles. The largest absolute Gasteiger partial charge is 0.494 e. The van der Waals surface area contributed by atoms with Crippen LogP contribution in [0.4, 0.5) is 4.79 Å². The Morgan fingerprint density at radius 1 is 0.929 bits per heavy atom. The van der Waals surface area contributed by atoms with Crippen molar-refractivity contribution in [1.29, 1.82) is 0 Å². The molecule has 8 nitrogen and oxygen atoms in total. The molecule has 3 aliphatic heterocycles. The van der Waals surface area contributed by atoms with Gasteiger partial charge in [-0.15, -0.1) is 0 Å². The highest BCUT2D eigenvalue weighted by Crippen LogP contribution is 2.61. The summed E-state index contributed by atoms with van der Waals surface area (Å²) in [4.78, 5) is 36.8. The number of methoxy groups -OCH3 is 1. The van der Waals surface area contributed by atoms with Crippen LogP contribution in [0.2, 0.25) is 10.0 Å². The molecule has 4 aliphatic rings. The fourth-order valence-electron chi connectivity index (χ4n) is 6.85. The standard InChI is InChI=1S/C32H34Cl2N4O4/c1-18(2)42-23-16-29(3,41-7)25-26-30(23,4)27-36-31(5,19-8-12-21(33)13-9-19)32(6,20-10-14-22(34)15-11-20)38(27)28(40)37(26)17-24(39)35-25/h8-16,18H,17H2,1-7H3,(H,35,39)/t29?,30?,31-,32+/m1/s1. The number of nitrogens with one attached hydrogen (secondary N) is 1. The molecule has 1 N–H and O–H groups in total. The van der Waals surface area contributed by atoms with Crippen molar-refractivity contribution in [1.82, 2.24) is 15.1 Å². The first-order chi connectivity index (χ1) is 19.7. The number of hydrogen-bond acceptors (Lipinski definition) is 5. The minimum atomic E-state index is -1.05. The zero-order chi connectivity index (χ0) is 30.4. The third kappa shape index (κ3) is 3.68. The van der Waals surface area contributed by atoms with Crippen LogP contribution in [0.1, 0.15) is 52.7 Å². The first-order valence-corrected chi connectivity index (χ1v) is 14.7. The average Bonchev–Trinajstić information content (AvgIpc) is 3.19. The van der Waals surface area contributed by atoms with Gasteiger partial charge in [-0.05, 0) is 83.0 Å². The molecule has 3 amide bonds. The van der Waals surface area contributed by atoms with Crippen molar-refractivity contribution in [3.05, 3.63) is 92.9 Å². The molecule has 220 valence electrons. The fourth-order valence-corrected chi connectivity index (χ4v) is 7.10. The molecule has 3 heterocycles. The molecule has 0 aromatic heterocycles. The summed E-state index contributed by atoms with van der Waals surface area (Å²) < 4.78 is 12.5. The van der Waals surface area contributed by atoms with Crippen LogP contribution in [0.15, 0.2) is 76.8 Å². The van der Waals surface area contributed by atoms with Crippen molar-refractivity contribution >= 4 is 41.0 Å². The van der Waals surface area contributed by atoms with Gasteiger partial charge >= 0.3 is 6.03 Å². The number of carbonyl (C=O) groups excluding carboxylic acids is 2. The molecule has 4 atom stereocenters. The molecule has 0 bridgehead atoms. The summed E-state index contributed by atoms with van der Waals surface area (Å²) in [6.45, 7) is 11.7. The van der Waals surface area contributed by atoms with Gasteiger partial charge in [0, 0.05) is 17.2 Å². The maximum atomic E-state index is 14.8. The highest BCUT2D eigenvalue weighted by Gasteiger charge is 2.69. The summed E-state index contributed by atoms with van der Waals surface area (Å²) >= 11 is 12.6. The summed E-state index contributed by atoms with van der Waals surface area (Å²) in [5.41, 5.74) is -1.29. The molecule has 0 spiro atoms. The molecular weight excluding hydrogens is 575 g/mol. The van der Waals surface area contributed by atoms with E-state index in [1.807, 2.05) is 96.1 Å². The Balaban J connectivity index is 1.70. The van der Waals surface area contributed by atoms with E-state index in [0.29, 0.717) is 33.0 Å². The lowest BCUT2D eigenvalue weighted by Crippen LogP contribution is -2.69. The van der Waals surface area contributed by atoms with Crippen LogP contribution in [0, 0.1) is 5.41 Å². The maximum absolute atomic E-state index is 14.8. The Kier molecular flexibility index (Phi) is 6.39. The Hall–Kier alpha value is -3.33. The van der Waals surface area contributed by atoms with Crippen LogP contribution in [0.5, 0.6) is 0 Å². The van der Waals surface area contributed by atoms with E-state index in [0.717, 1.165) is 11.1 Å². The van der Waals surface area contributed by atoms with Crippen LogP contribution < -0.4 is 5.32 Å². The molecular formula is C32H34Cl2N4O4. The Labute approximate surface area is 256 Å².